The third kappa shape index (κ3) is 5.73. The first-order valence-corrected chi connectivity index (χ1v) is 11.5. The number of benzene rings is 2. The SMILES string of the molecule is COc1ccc(C(CNC(=O)C(=O)Nc2cccc(N3CCCC3=O)c2)N2CCOCC2)cc1. The van der Waals surface area contributed by atoms with Gasteiger partial charge in [0, 0.05) is 44.0 Å². The van der Waals surface area contributed by atoms with Gasteiger partial charge in [-0.2, -0.15) is 0 Å². The molecule has 0 spiro atoms. The van der Waals surface area contributed by atoms with Crippen molar-refractivity contribution in [2.24, 2.45) is 0 Å². The van der Waals surface area contributed by atoms with E-state index in [9.17, 15) is 14.4 Å². The van der Waals surface area contributed by atoms with Crippen LogP contribution in [0.3, 0.4) is 0 Å². The number of ether oxygens (including phenoxy) is 2. The molecule has 2 aromatic carbocycles. The second-order valence-corrected chi connectivity index (χ2v) is 8.30. The average molecular weight is 467 g/mol. The molecule has 2 aromatic rings. The summed E-state index contributed by atoms with van der Waals surface area (Å²) in [4.78, 5) is 41.1. The zero-order valence-electron chi connectivity index (χ0n) is 19.3. The van der Waals surface area contributed by atoms with Gasteiger partial charge in [-0.15, -0.1) is 0 Å². The van der Waals surface area contributed by atoms with Crippen LogP contribution in [0.2, 0.25) is 0 Å². The van der Waals surface area contributed by atoms with Crippen LogP contribution in [0.15, 0.2) is 48.5 Å². The molecule has 2 heterocycles. The number of rotatable bonds is 7. The van der Waals surface area contributed by atoms with Gasteiger partial charge in [0.15, 0.2) is 0 Å². The van der Waals surface area contributed by atoms with E-state index in [1.165, 1.54) is 0 Å². The smallest absolute Gasteiger partial charge is 0.313 e. The topological polar surface area (TPSA) is 100 Å². The standard InChI is InChI=1S/C25H30N4O5/c1-33-21-9-7-18(8-10-21)22(28-12-14-34-15-13-28)17-26-24(31)25(32)27-19-4-2-5-20(16-19)29-11-3-6-23(29)30/h2,4-5,7-10,16,22H,3,6,11-15,17H2,1H3,(H,26,31)(H,27,32). The van der Waals surface area contributed by atoms with E-state index in [-0.39, 0.29) is 18.5 Å². The predicted molar refractivity (Wildman–Crippen MR) is 128 cm³/mol. The molecule has 2 fully saturated rings. The minimum atomic E-state index is -0.750. The lowest BCUT2D eigenvalue weighted by molar-refractivity contribution is -0.136. The Labute approximate surface area is 199 Å². The molecule has 180 valence electrons. The van der Waals surface area contributed by atoms with Gasteiger partial charge >= 0.3 is 11.8 Å². The Kier molecular flexibility index (Phi) is 7.76. The molecular formula is C25H30N4O5. The monoisotopic (exact) mass is 466 g/mol. The molecule has 2 N–H and O–H groups in total. The molecule has 0 bridgehead atoms. The normalized spacial score (nSPS) is 17.3. The number of amides is 3. The van der Waals surface area contributed by atoms with Crippen molar-refractivity contribution in [1.29, 1.82) is 0 Å². The van der Waals surface area contributed by atoms with Crippen LogP contribution < -0.4 is 20.3 Å². The summed E-state index contributed by atoms with van der Waals surface area (Å²) in [6.07, 6.45) is 1.34. The first-order chi connectivity index (χ1) is 16.5. The fourth-order valence-electron chi connectivity index (χ4n) is 4.30. The van der Waals surface area contributed by atoms with Gasteiger partial charge in [0.2, 0.25) is 5.91 Å². The van der Waals surface area contributed by atoms with Crippen molar-refractivity contribution in [3.8, 4) is 5.75 Å². The van der Waals surface area contributed by atoms with Gasteiger partial charge in [0.05, 0.1) is 26.4 Å². The van der Waals surface area contributed by atoms with Gasteiger partial charge in [-0.1, -0.05) is 18.2 Å². The maximum Gasteiger partial charge on any atom is 0.313 e. The molecule has 3 amide bonds. The van der Waals surface area contributed by atoms with Crippen LogP contribution >= 0.6 is 0 Å². The van der Waals surface area contributed by atoms with E-state index in [1.807, 2.05) is 30.3 Å². The Balaban J connectivity index is 1.39. The largest absolute Gasteiger partial charge is 0.497 e. The molecule has 9 nitrogen and oxygen atoms in total. The number of hydrogen-bond acceptors (Lipinski definition) is 6. The average Bonchev–Trinajstić information content (AvgIpc) is 3.31. The third-order valence-electron chi connectivity index (χ3n) is 6.14. The number of nitrogens with one attached hydrogen (secondary N) is 2. The zero-order chi connectivity index (χ0) is 23.9. The van der Waals surface area contributed by atoms with Gasteiger partial charge in [0.25, 0.3) is 0 Å². The summed E-state index contributed by atoms with van der Waals surface area (Å²) in [5.41, 5.74) is 2.20. The fraction of sp³-hybridized carbons (Fsp3) is 0.400. The van der Waals surface area contributed by atoms with Crippen molar-refractivity contribution in [3.05, 3.63) is 54.1 Å². The van der Waals surface area contributed by atoms with Crippen LogP contribution in [0.5, 0.6) is 5.75 Å². The molecule has 34 heavy (non-hydrogen) atoms. The molecule has 2 aliphatic rings. The number of methoxy groups -OCH3 is 1. The highest BCUT2D eigenvalue weighted by molar-refractivity contribution is 6.39. The Morgan fingerprint density at radius 2 is 1.82 bits per heavy atom. The number of hydrogen-bond donors (Lipinski definition) is 2. The minimum absolute atomic E-state index is 0.0638. The van der Waals surface area contributed by atoms with Gasteiger partial charge in [0.1, 0.15) is 5.75 Å². The van der Waals surface area contributed by atoms with E-state index in [4.69, 9.17) is 9.47 Å². The van der Waals surface area contributed by atoms with E-state index in [1.54, 1.807) is 30.2 Å². The van der Waals surface area contributed by atoms with Crippen LogP contribution in [0, 0.1) is 0 Å². The zero-order valence-corrected chi connectivity index (χ0v) is 19.3. The number of carbonyl (C=O) groups excluding carboxylic acids is 3. The molecule has 2 aliphatic heterocycles. The Bertz CT molecular complexity index is 1020. The highest BCUT2D eigenvalue weighted by Crippen LogP contribution is 2.25. The van der Waals surface area contributed by atoms with Crippen LogP contribution in [-0.2, 0) is 19.1 Å². The van der Waals surface area contributed by atoms with Gasteiger partial charge < -0.3 is 25.0 Å². The Morgan fingerprint density at radius 1 is 1.06 bits per heavy atom. The van der Waals surface area contributed by atoms with Crippen LogP contribution in [-0.4, -0.2) is 69.1 Å². The second-order valence-electron chi connectivity index (χ2n) is 8.30. The number of anilines is 2. The third-order valence-corrected chi connectivity index (χ3v) is 6.14. The number of morpholine rings is 1. The van der Waals surface area contributed by atoms with Gasteiger partial charge in [-0.05, 0) is 42.3 Å². The molecule has 0 aromatic heterocycles. The summed E-state index contributed by atoms with van der Waals surface area (Å²) in [6, 6.07) is 14.6. The van der Waals surface area contributed by atoms with Crippen molar-refractivity contribution in [2.45, 2.75) is 18.9 Å². The fourth-order valence-corrected chi connectivity index (χ4v) is 4.30. The first-order valence-electron chi connectivity index (χ1n) is 11.5. The highest BCUT2D eigenvalue weighted by atomic mass is 16.5. The van der Waals surface area contributed by atoms with Crippen LogP contribution in [0.1, 0.15) is 24.4 Å². The molecule has 0 radical (unpaired) electrons. The van der Waals surface area contributed by atoms with E-state index >= 15 is 0 Å². The van der Waals surface area contributed by atoms with Crippen LogP contribution in [0.4, 0.5) is 11.4 Å². The van der Waals surface area contributed by atoms with Crippen LogP contribution in [0.25, 0.3) is 0 Å². The summed E-state index contributed by atoms with van der Waals surface area (Å²) in [6.45, 7) is 3.65. The number of carbonyl (C=O) groups is 3. The van der Waals surface area contributed by atoms with E-state index < -0.39 is 11.8 Å². The van der Waals surface area contributed by atoms with E-state index in [2.05, 4.69) is 15.5 Å². The first kappa shape index (κ1) is 23.7. The summed E-state index contributed by atoms with van der Waals surface area (Å²) >= 11 is 0. The minimum Gasteiger partial charge on any atom is -0.497 e. The number of nitrogens with zero attached hydrogens (tertiary/aromatic N) is 2. The Morgan fingerprint density at radius 3 is 2.50 bits per heavy atom. The van der Waals surface area contributed by atoms with Crippen molar-refractivity contribution in [1.82, 2.24) is 10.2 Å². The van der Waals surface area contributed by atoms with Crippen molar-refractivity contribution < 1.29 is 23.9 Å². The van der Waals surface area contributed by atoms with E-state index in [0.717, 1.165) is 30.8 Å². The molecule has 1 unspecified atom stereocenters. The van der Waals surface area contributed by atoms with Gasteiger partial charge in [-0.3, -0.25) is 19.3 Å². The summed E-state index contributed by atoms with van der Waals surface area (Å²) < 4.78 is 10.7. The molecule has 0 aliphatic carbocycles. The summed E-state index contributed by atoms with van der Waals surface area (Å²) in [5.74, 6) is -0.644. The lowest BCUT2D eigenvalue weighted by Crippen LogP contribution is -2.45. The van der Waals surface area contributed by atoms with Crippen molar-refractivity contribution in [3.63, 3.8) is 0 Å². The van der Waals surface area contributed by atoms with Gasteiger partial charge in [-0.25, -0.2) is 0 Å². The summed E-state index contributed by atoms with van der Waals surface area (Å²) in [7, 11) is 1.62. The maximum absolute atomic E-state index is 12.6. The molecule has 1 atom stereocenters. The van der Waals surface area contributed by atoms with Crippen molar-refractivity contribution >= 4 is 29.1 Å². The summed E-state index contributed by atoms with van der Waals surface area (Å²) in [5, 5.41) is 5.41. The quantitative estimate of drug-likeness (QED) is 0.605. The van der Waals surface area contributed by atoms with E-state index in [0.29, 0.717) is 37.6 Å². The predicted octanol–water partition coefficient (Wildman–Crippen LogP) is 1.95. The molecule has 9 heteroatoms. The van der Waals surface area contributed by atoms with Crippen molar-refractivity contribution in [2.75, 3.05) is 56.7 Å². The molecule has 2 saturated heterocycles. The molecule has 4 rings (SSSR count). The maximum atomic E-state index is 12.6. The Hall–Kier alpha value is -3.43. The highest BCUT2D eigenvalue weighted by Gasteiger charge is 2.25. The molecular weight excluding hydrogens is 436 g/mol. The second kappa shape index (κ2) is 11.1. The molecule has 0 saturated carbocycles. The lowest BCUT2D eigenvalue weighted by Gasteiger charge is -2.34. The lowest BCUT2D eigenvalue weighted by atomic mass is 10.0.